The number of hydrogen-bond donors (Lipinski definition) is 0. The molecule has 0 bridgehead atoms. The van der Waals surface area contributed by atoms with Crippen molar-refractivity contribution in [2.75, 3.05) is 0 Å². The molecule has 0 fully saturated rings. The van der Waals surface area contributed by atoms with Crippen molar-refractivity contribution in [1.29, 1.82) is 0 Å². The van der Waals surface area contributed by atoms with Gasteiger partial charge in [-0.3, -0.25) is 0 Å². The first-order chi connectivity index (χ1) is 15.2. The Morgan fingerprint density at radius 1 is 0.613 bits per heavy atom. The van der Waals surface area contributed by atoms with Gasteiger partial charge in [-0.15, -0.1) is 0 Å². The van der Waals surface area contributed by atoms with Crippen molar-refractivity contribution in [1.82, 2.24) is 13.7 Å². The van der Waals surface area contributed by atoms with E-state index in [9.17, 15) is 0 Å². The van der Waals surface area contributed by atoms with Crippen LogP contribution in [0.1, 0.15) is 19.9 Å². The minimum atomic E-state index is 0.372. The first kappa shape index (κ1) is 17.9. The molecule has 148 valence electrons. The van der Waals surface area contributed by atoms with Crippen molar-refractivity contribution in [3.8, 4) is 0 Å². The zero-order valence-corrected chi connectivity index (χ0v) is 17.7. The lowest BCUT2D eigenvalue weighted by Gasteiger charge is -2.11. The largest absolute Gasteiger partial charge is 0.503 e. The van der Waals surface area contributed by atoms with Crippen LogP contribution in [0.4, 0.5) is 22.7 Å². The molecule has 31 heavy (non-hydrogen) atoms. The molecule has 1 aromatic heterocycles. The van der Waals surface area contributed by atoms with E-state index in [1.165, 1.54) is 21.8 Å². The first-order valence-electron chi connectivity index (χ1n) is 10.8. The van der Waals surface area contributed by atoms with E-state index >= 15 is 0 Å². The molecule has 1 aliphatic heterocycles. The van der Waals surface area contributed by atoms with Gasteiger partial charge in [-0.25, -0.2) is 0 Å². The van der Waals surface area contributed by atoms with E-state index in [4.69, 9.17) is 0 Å². The number of nitrogens with zero attached hydrogens (tertiary/aromatic N) is 3. The normalized spacial score (nSPS) is 13.0. The van der Waals surface area contributed by atoms with Crippen molar-refractivity contribution in [2.45, 2.75) is 19.9 Å². The van der Waals surface area contributed by atoms with Crippen molar-refractivity contribution in [3.05, 3.63) is 97.1 Å². The molecule has 1 aliphatic rings. The summed E-state index contributed by atoms with van der Waals surface area (Å²) < 4.78 is 6.74. The topological polar surface area (TPSA) is 10.9 Å². The van der Waals surface area contributed by atoms with Crippen LogP contribution in [0.15, 0.2) is 97.1 Å². The fourth-order valence-electron chi connectivity index (χ4n) is 4.70. The number of fused-ring (bicyclic) bond motifs is 4. The molecule has 0 saturated heterocycles. The van der Waals surface area contributed by atoms with Crippen LogP contribution in [0.3, 0.4) is 0 Å². The molecule has 3 heteroatoms. The maximum atomic E-state index is 3.59. The summed E-state index contributed by atoms with van der Waals surface area (Å²) >= 11 is 0. The van der Waals surface area contributed by atoms with Gasteiger partial charge < -0.3 is 4.57 Å². The Morgan fingerprint density at radius 3 is 1.97 bits per heavy atom. The highest BCUT2D eigenvalue weighted by Gasteiger charge is 2.36. The molecule has 0 unspecified atom stereocenters. The van der Waals surface area contributed by atoms with Crippen LogP contribution < -0.4 is 9.15 Å². The van der Waals surface area contributed by atoms with E-state index in [1.807, 2.05) is 6.07 Å². The number of benzene rings is 4. The Labute approximate surface area is 181 Å². The van der Waals surface area contributed by atoms with Crippen LogP contribution in [0, 0.1) is 0 Å². The minimum Gasteiger partial charge on any atom is -0.338 e. The second-order valence-corrected chi connectivity index (χ2v) is 8.28. The standard InChI is InChI=1S/C28H23N3/c1-20(2)31-25-13-7-6-12-23(25)24-17-16-22(18-28(24)31)30-19-29(21-10-4-3-5-11-21)26-14-8-9-15-27(26)30/h3-18,20H,1-2H3/q+2. The zero-order chi connectivity index (χ0) is 20.9. The molecule has 0 saturated carbocycles. The molecule has 0 aliphatic carbocycles. The third-order valence-corrected chi connectivity index (χ3v) is 6.05. The van der Waals surface area contributed by atoms with Crippen LogP contribution in [-0.4, -0.2) is 10.6 Å². The summed E-state index contributed by atoms with van der Waals surface area (Å²) in [5, 5.41) is 2.60. The quantitative estimate of drug-likeness (QED) is 0.277. The Hall–Kier alpha value is -3.94. The van der Waals surface area contributed by atoms with Gasteiger partial charge in [0.15, 0.2) is 0 Å². The minimum absolute atomic E-state index is 0.372. The Bertz CT molecular complexity index is 1530. The number of hydrogen-bond acceptors (Lipinski definition) is 0. The Kier molecular flexibility index (Phi) is 3.92. The summed E-state index contributed by atoms with van der Waals surface area (Å²) in [4.78, 5) is 0. The van der Waals surface area contributed by atoms with Gasteiger partial charge in [0.05, 0.1) is 5.52 Å². The van der Waals surface area contributed by atoms with Gasteiger partial charge in [0.2, 0.25) is 11.4 Å². The van der Waals surface area contributed by atoms with E-state index in [1.54, 1.807) is 0 Å². The third-order valence-electron chi connectivity index (χ3n) is 6.05. The van der Waals surface area contributed by atoms with E-state index in [2.05, 4.69) is 125 Å². The zero-order valence-electron chi connectivity index (χ0n) is 17.7. The average molecular weight is 402 g/mol. The van der Waals surface area contributed by atoms with Crippen molar-refractivity contribution in [3.63, 3.8) is 0 Å². The third kappa shape index (κ3) is 2.68. The molecule has 0 spiro atoms. The Morgan fingerprint density at radius 2 is 1.23 bits per heavy atom. The molecule has 4 aromatic carbocycles. The molecule has 2 heterocycles. The smallest absolute Gasteiger partial charge is 0.338 e. The van der Waals surface area contributed by atoms with Crippen molar-refractivity contribution < 1.29 is 0 Å². The highest BCUT2D eigenvalue weighted by atomic mass is 15.2. The lowest BCUT2D eigenvalue weighted by molar-refractivity contribution is 0.642. The molecule has 0 N–H and O–H groups in total. The van der Waals surface area contributed by atoms with Crippen molar-refractivity contribution in [2.24, 2.45) is 0 Å². The fourth-order valence-corrected chi connectivity index (χ4v) is 4.70. The van der Waals surface area contributed by atoms with Crippen LogP contribution in [0.2, 0.25) is 0 Å². The van der Waals surface area contributed by atoms with Gasteiger partial charge in [0, 0.05) is 58.7 Å². The number of para-hydroxylation sites is 4. The lowest BCUT2D eigenvalue weighted by atomic mass is 10.1. The molecule has 6 rings (SSSR count). The molecule has 0 radical (unpaired) electrons. The number of rotatable bonds is 3. The molecule has 0 amide bonds. The fraction of sp³-hybridized carbons (Fsp3) is 0.107. The van der Waals surface area contributed by atoms with Gasteiger partial charge in [-0.05, 0) is 35.1 Å². The van der Waals surface area contributed by atoms with Gasteiger partial charge in [-0.2, -0.15) is 0 Å². The van der Waals surface area contributed by atoms with Crippen LogP contribution in [0.5, 0.6) is 0 Å². The lowest BCUT2D eigenvalue weighted by Crippen LogP contribution is -2.02. The summed E-state index contributed by atoms with van der Waals surface area (Å²) in [6, 6.07) is 38.3. The summed E-state index contributed by atoms with van der Waals surface area (Å²) in [5.41, 5.74) is 7.03. The predicted octanol–water partition coefficient (Wildman–Crippen LogP) is 7.23. The van der Waals surface area contributed by atoms with E-state index in [0.717, 1.165) is 22.7 Å². The maximum Gasteiger partial charge on any atom is 0.503 e. The summed E-state index contributed by atoms with van der Waals surface area (Å²) in [6.45, 7) is 4.50. The van der Waals surface area contributed by atoms with E-state index in [-0.39, 0.29) is 0 Å². The summed E-state index contributed by atoms with van der Waals surface area (Å²) in [7, 11) is 0. The molecule has 5 aromatic rings. The van der Waals surface area contributed by atoms with Gasteiger partial charge in [0.1, 0.15) is 0 Å². The van der Waals surface area contributed by atoms with Gasteiger partial charge >= 0.3 is 6.01 Å². The second kappa shape index (κ2) is 6.80. The molecular weight excluding hydrogens is 378 g/mol. The van der Waals surface area contributed by atoms with Gasteiger partial charge in [-0.1, -0.05) is 48.5 Å². The average Bonchev–Trinajstić information content (AvgIpc) is 3.35. The highest BCUT2D eigenvalue weighted by Crippen LogP contribution is 2.38. The maximum absolute atomic E-state index is 3.59. The first-order valence-corrected chi connectivity index (χ1v) is 10.8. The van der Waals surface area contributed by atoms with Crippen LogP contribution >= 0.6 is 0 Å². The second-order valence-electron chi connectivity index (χ2n) is 8.28. The van der Waals surface area contributed by atoms with E-state index in [0.29, 0.717) is 6.04 Å². The Balaban J connectivity index is 1.64. The van der Waals surface area contributed by atoms with E-state index < -0.39 is 0 Å². The number of aromatic nitrogens is 1. The molecule has 0 atom stereocenters. The van der Waals surface area contributed by atoms with Crippen LogP contribution in [0.25, 0.3) is 21.8 Å². The molecular formula is C28H23N3+2. The van der Waals surface area contributed by atoms with Crippen LogP contribution in [-0.2, 0) is 0 Å². The predicted molar refractivity (Wildman–Crippen MR) is 131 cm³/mol. The highest BCUT2D eigenvalue weighted by molar-refractivity contribution is 6.09. The SMILES string of the molecule is CC(C)n1c2ccccc2c2ccc([N+]3=C=[N+](c4ccccc4)c4ccccc43)cc21. The summed E-state index contributed by atoms with van der Waals surface area (Å²) in [6.07, 6.45) is 0. The summed E-state index contributed by atoms with van der Waals surface area (Å²) in [5.74, 6) is 0. The molecule has 3 nitrogen and oxygen atoms in total. The van der Waals surface area contributed by atoms with Gasteiger partial charge in [0.25, 0.3) is 11.4 Å². The monoisotopic (exact) mass is 401 g/mol. The van der Waals surface area contributed by atoms with Crippen molar-refractivity contribution >= 4 is 50.6 Å².